The van der Waals surface area contributed by atoms with Gasteiger partial charge in [0.1, 0.15) is 10.4 Å². The number of fused-ring (bicyclic) bond motifs is 1. The van der Waals surface area contributed by atoms with Crippen molar-refractivity contribution in [2.45, 2.75) is 32.7 Å². The highest BCUT2D eigenvalue weighted by molar-refractivity contribution is 9.10. The number of hydrogen-bond acceptors (Lipinski definition) is 1. The maximum Gasteiger partial charge on any atom is 0.127 e. The van der Waals surface area contributed by atoms with Crippen molar-refractivity contribution in [2.75, 3.05) is 0 Å². The van der Waals surface area contributed by atoms with Crippen LogP contribution in [0.5, 0.6) is 0 Å². The molecule has 3 rings (SSSR count). The summed E-state index contributed by atoms with van der Waals surface area (Å²) in [5, 5.41) is 0. The molecule has 0 fully saturated rings. The molecule has 1 aromatic carbocycles. The second-order valence-electron chi connectivity index (χ2n) is 5.18. The van der Waals surface area contributed by atoms with Crippen LogP contribution in [0.4, 0.5) is 0 Å². The minimum Gasteiger partial charge on any atom is -0.330 e. The first kappa shape index (κ1) is 12.0. The molecule has 0 N–H and O–H groups in total. The molecule has 0 saturated heterocycles. The molecule has 0 spiro atoms. The van der Waals surface area contributed by atoms with E-state index in [1.807, 2.05) is 0 Å². The van der Waals surface area contributed by atoms with Crippen LogP contribution in [0.2, 0.25) is 0 Å². The Hall–Kier alpha value is -1.09. The highest BCUT2D eigenvalue weighted by atomic mass is 79.9. The third-order valence-electron chi connectivity index (χ3n) is 3.68. The zero-order chi connectivity index (χ0) is 12.5. The molecule has 2 aromatic rings. The fraction of sp³-hybridized carbons (Fsp3) is 0.400. The van der Waals surface area contributed by atoms with Crippen LogP contribution in [-0.2, 0) is 19.4 Å². The van der Waals surface area contributed by atoms with Crippen molar-refractivity contribution in [1.82, 2.24) is 9.55 Å². The first-order chi connectivity index (χ1) is 8.74. The molecule has 1 unspecified atom stereocenters. The first-order valence-corrected chi connectivity index (χ1v) is 7.31. The number of aromatic nitrogens is 2. The van der Waals surface area contributed by atoms with Gasteiger partial charge < -0.3 is 4.57 Å². The minimum atomic E-state index is 0.758. The second-order valence-corrected chi connectivity index (χ2v) is 5.93. The van der Waals surface area contributed by atoms with Gasteiger partial charge in [-0.3, -0.25) is 0 Å². The average molecular weight is 305 g/mol. The van der Waals surface area contributed by atoms with Gasteiger partial charge in [0.15, 0.2) is 0 Å². The summed E-state index contributed by atoms with van der Waals surface area (Å²) in [4.78, 5) is 4.70. The van der Waals surface area contributed by atoms with Gasteiger partial charge in [0.2, 0.25) is 0 Å². The molecular weight excluding hydrogens is 288 g/mol. The lowest BCUT2D eigenvalue weighted by molar-refractivity contribution is 0.391. The molecule has 0 saturated carbocycles. The normalized spacial score (nSPS) is 18.7. The molecule has 2 heterocycles. The Morgan fingerprint density at radius 1 is 1.33 bits per heavy atom. The Balaban J connectivity index is 1.93. The van der Waals surface area contributed by atoms with E-state index in [9.17, 15) is 0 Å². The standard InChI is InChI=1S/C15H17BrN2/c1-11-7-8-13-15(16)17-14(18(13)10-11)9-12-5-3-2-4-6-12/h2-6,11H,7-10H2,1H3. The molecule has 0 aliphatic carbocycles. The zero-order valence-corrected chi connectivity index (χ0v) is 12.2. The number of halogens is 1. The number of hydrogen-bond donors (Lipinski definition) is 0. The van der Waals surface area contributed by atoms with E-state index < -0.39 is 0 Å². The lowest BCUT2D eigenvalue weighted by Crippen LogP contribution is -2.19. The molecular formula is C15H17BrN2. The van der Waals surface area contributed by atoms with E-state index in [1.165, 1.54) is 23.5 Å². The van der Waals surface area contributed by atoms with Crippen LogP contribution in [0.3, 0.4) is 0 Å². The largest absolute Gasteiger partial charge is 0.330 e. The fourth-order valence-electron chi connectivity index (χ4n) is 2.66. The van der Waals surface area contributed by atoms with Gasteiger partial charge in [-0.15, -0.1) is 0 Å². The predicted molar refractivity (Wildman–Crippen MR) is 76.7 cm³/mol. The smallest absolute Gasteiger partial charge is 0.127 e. The second kappa shape index (κ2) is 4.88. The van der Waals surface area contributed by atoms with Crippen molar-refractivity contribution >= 4 is 15.9 Å². The molecule has 1 aliphatic rings. The number of nitrogens with zero attached hydrogens (tertiary/aromatic N) is 2. The van der Waals surface area contributed by atoms with E-state index in [-0.39, 0.29) is 0 Å². The van der Waals surface area contributed by atoms with E-state index in [0.29, 0.717) is 0 Å². The molecule has 0 radical (unpaired) electrons. The summed E-state index contributed by atoms with van der Waals surface area (Å²) in [6.45, 7) is 3.43. The van der Waals surface area contributed by atoms with Crippen LogP contribution in [0.25, 0.3) is 0 Å². The van der Waals surface area contributed by atoms with Crippen LogP contribution in [0.15, 0.2) is 34.9 Å². The van der Waals surface area contributed by atoms with Crippen molar-refractivity contribution in [3.63, 3.8) is 0 Å². The lowest BCUT2D eigenvalue weighted by Gasteiger charge is -2.22. The molecule has 18 heavy (non-hydrogen) atoms. The number of imidazole rings is 1. The SMILES string of the molecule is CC1CCc2c(Br)nc(Cc3ccccc3)n2C1. The summed E-state index contributed by atoms with van der Waals surface area (Å²) in [6, 6.07) is 10.6. The molecule has 0 bridgehead atoms. The van der Waals surface area contributed by atoms with Gasteiger partial charge in [-0.25, -0.2) is 4.98 Å². The highest BCUT2D eigenvalue weighted by Gasteiger charge is 2.21. The maximum atomic E-state index is 4.70. The van der Waals surface area contributed by atoms with Crippen molar-refractivity contribution in [1.29, 1.82) is 0 Å². The van der Waals surface area contributed by atoms with Crippen LogP contribution in [0, 0.1) is 5.92 Å². The first-order valence-electron chi connectivity index (χ1n) is 6.51. The van der Waals surface area contributed by atoms with Gasteiger partial charge in [-0.2, -0.15) is 0 Å². The molecule has 3 heteroatoms. The Morgan fingerprint density at radius 3 is 2.89 bits per heavy atom. The molecule has 2 nitrogen and oxygen atoms in total. The van der Waals surface area contributed by atoms with Gasteiger partial charge in [0.05, 0.1) is 5.69 Å². The van der Waals surface area contributed by atoms with Crippen molar-refractivity contribution in [2.24, 2.45) is 5.92 Å². The molecule has 1 aromatic heterocycles. The Labute approximate surface area is 116 Å². The topological polar surface area (TPSA) is 17.8 Å². The fourth-order valence-corrected chi connectivity index (χ4v) is 3.28. The monoisotopic (exact) mass is 304 g/mol. The quantitative estimate of drug-likeness (QED) is 0.825. The van der Waals surface area contributed by atoms with Crippen molar-refractivity contribution < 1.29 is 0 Å². The van der Waals surface area contributed by atoms with E-state index in [0.717, 1.165) is 29.9 Å². The Morgan fingerprint density at radius 2 is 2.11 bits per heavy atom. The van der Waals surface area contributed by atoms with Crippen molar-refractivity contribution in [3.8, 4) is 0 Å². The van der Waals surface area contributed by atoms with Crippen LogP contribution >= 0.6 is 15.9 Å². The minimum absolute atomic E-state index is 0.758. The molecule has 1 aliphatic heterocycles. The van der Waals surface area contributed by atoms with Crippen LogP contribution < -0.4 is 0 Å². The third-order valence-corrected chi connectivity index (χ3v) is 4.31. The zero-order valence-electron chi connectivity index (χ0n) is 10.6. The van der Waals surface area contributed by atoms with Gasteiger partial charge >= 0.3 is 0 Å². The lowest BCUT2D eigenvalue weighted by atomic mass is 10.00. The van der Waals surface area contributed by atoms with E-state index in [1.54, 1.807) is 0 Å². The maximum absolute atomic E-state index is 4.70. The summed E-state index contributed by atoms with van der Waals surface area (Å²) in [7, 11) is 0. The summed E-state index contributed by atoms with van der Waals surface area (Å²) in [5.41, 5.74) is 2.70. The molecule has 1 atom stereocenters. The van der Waals surface area contributed by atoms with Gasteiger partial charge in [-0.1, -0.05) is 37.3 Å². The van der Waals surface area contributed by atoms with E-state index in [4.69, 9.17) is 4.98 Å². The van der Waals surface area contributed by atoms with Crippen LogP contribution in [0.1, 0.15) is 30.4 Å². The highest BCUT2D eigenvalue weighted by Crippen LogP contribution is 2.28. The summed E-state index contributed by atoms with van der Waals surface area (Å²) < 4.78 is 3.45. The van der Waals surface area contributed by atoms with Crippen LogP contribution in [-0.4, -0.2) is 9.55 Å². The molecule has 94 valence electrons. The number of rotatable bonds is 2. The predicted octanol–water partition coefficient (Wildman–Crippen LogP) is 3.82. The Kier molecular flexibility index (Phi) is 3.25. The molecule has 0 amide bonds. The van der Waals surface area contributed by atoms with E-state index >= 15 is 0 Å². The average Bonchev–Trinajstić information content (AvgIpc) is 2.67. The van der Waals surface area contributed by atoms with E-state index in [2.05, 4.69) is 57.8 Å². The van der Waals surface area contributed by atoms with Gasteiger partial charge in [0, 0.05) is 13.0 Å². The van der Waals surface area contributed by atoms with Gasteiger partial charge in [0.25, 0.3) is 0 Å². The van der Waals surface area contributed by atoms with Crippen molar-refractivity contribution in [3.05, 3.63) is 52.0 Å². The number of benzene rings is 1. The third kappa shape index (κ3) is 2.24. The summed E-state index contributed by atoms with van der Waals surface area (Å²) >= 11 is 3.60. The van der Waals surface area contributed by atoms with Gasteiger partial charge in [-0.05, 0) is 40.3 Å². The summed E-state index contributed by atoms with van der Waals surface area (Å²) in [6.07, 6.45) is 3.34. The summed E-state index contributed by atoms with van der Waals surface area (Å²) in [5.74, 6) is 1.95. The Bertz CT molecular complexity index is 545.